The lowest BCUT2D eigenvalue weighted by molar-refractivity contribution is 0.0512. The molecule has 158 valence electrons. The lowest BCUT2D eigenvalue weighted by atomic mass is 10.1. The number of aryl methyl sites for hydroxylation is 1. The van der Waals surface area contributed by atoms with Crippen molar-refractivity contribution in [2.24, 2.45) is 0 Å². The minimum absolute atomic E-state index is 0.267. The zero-order chi connectivity index (χ0) is 22.1. The van der Waals surface area contributed by atoms with Gasteiger partial charge in [-0.25, -0.2) is 14.3 Å². The standard InChI is InChI=1S/C25H24N2O4/c1-5-31-25(29)23-14-19-13-16(2)11-12-21(19)27(23)26-17(3)20(24(28)30-4)15-22(26)18-9-7-6-8-10-18/h6-15H,5H2,1-4H3. The fourth-order valence-corrected chi connectivity index (χ4v) is 3.87. The van der Waals surface area contributed by atoms with Crippen LogP contribution < -0.4 is 0 Å². The van der Waals surface area contributed by atoms with Gasteiger partial charge in [-0.05, 0) is 45.0 Å². The molecule has 0 saturated heterocycles. The number of aromatic nitrogens is 2. The second kappa shape index (κ2) is 8.14. The molecule has 0 fully saturated rings. The Morgan fingerprint density at radius 1 is 0.903 bits per heavy atom. The van der Waals surface area contributed by atoms with Gasteiger partial charge in [-0.3, -0.25) is 4.68 Å². The molecular weight excluding hydrogens is 392 g/mol. The number of ether oxygens (including phenoxy) is 2. The number of carbonyl (C=O) groups excluding carboxylic acids is 2. The van der Waals surface area contributed by atoms with E-state index in [2.05, 4.69) is 0 Å². The van der Waals surface area contributed by atoms with Crippen LogP contribution in [0.5, 0.6) is 0 Å². The van der Waals surface area contributed by atoms with Crippen LogP contribution in [0.2, 0.25) is 0 Å². The van der Waals surface area contributed by atoms with E-state index in [0.717, 1.165) is 27.7 Å². The summed E-state index contributed by atoms with van der Waals surface area (Å²) in [6.07, 6.45) is 0. The highest BCUT2D eigenvalue weighted by Gasteiger charge is 2.25. The Kier molecular flexibility index (Phi) is 5.38. The quantitative estimate of drug-likeness (QED) is 0.430. The normalized spacial score (nSPS) is 11.0. The topological polar surface area (TPSA) is 62.5 Å². The second-order valence-electron chi connectivity index (χ2n) is 7.32. The molecule has 0 radical (unpaired) electrons. The van der Waals surface area contributed by atoms with Crippen LogP contribution in [0.1, 0.15) is 39.0 Å². The zero-order valence-corrected chi connectivity index (χ0v) is 18.0. The van der Waals surface area contributed by atoms with Crippen LogP contribution in [0, 0.1) is 13.8 Å². The number of carbonyl (C=O) groups is 2. The van der Waals surface area contributed by atoms with Crippen LogP contribution in [-0.2, 0) is 9.47 Å². The number of nitrogens with zero attached hydrogens (tertiary/aromatic N) is 2. The molecule has 0 spiro atoms. The van der Waals surface area contributed by atoms with E-state index >= 15 is 0 Å². The summed E-state index contributed by atoms with van der Waals surface area (Å²) in [5.74, 6) is -0.860. The van der Waals surface area contributed by atoms with E-state index < -0.39 is 11.9 Å². The molecule has 0 N–H and O–H groups in total. The number of hydrogen-bond donors (Lipinski definition) is 0. The molecule has 0 atom stereocenters. The van der Waals surface area contributed by atoms with E-state index in [0.29, 0.717) is 17.0 Å². The molecule has 2 aromatic heterocycles. The van der Waals surface area contributed by atoms with Crippen molar-refractivity contribution < 1.29 is 19.1 Å². The molecule has 2 heterocycles. The van der Waals surface area contributed by atoms with Crippen molar-refractivity contribution in [3.63, 3.8) is 0 Å². The molecule has 31 heavy (non-hydrogen) atoms. The molecule has 0 saturated carbocycles. The van der Waals surface area contributed by atoms with Gasteiger partial charge in [0.05, 0.1) is 36.2 Å². The third-order valence-corrected chi connectivity index (χ3v) is 5.31. The van der Waals surface area contributed by atoms with Gasteiger partial charge in [0.1, 0.15) is 5.69 Å². The number of benzene rings is 2. The van der Waals surface area contributed by atoms with Crippen LogP contribution >= 0.6 is 0 Å². The summed E-state index contributed by atoms with van der Waals surface area (Å²) < 4.78 is 14.0. The lowest BCUT2D eigenvalue weighted by Gasteiger charge is -2.18. The summed E-state index contributed by atoms with van der Waals surface area (Å²) in [6, 6.07) is 19.3. The van der Waals surface area contributed by atoms with Gasteiger partial charge < -0.3 is 9.47 Å². The van der Waals surface area contributed by atoms with Gasteiger partial charge in [-0.1, -0.05) is 42.0 Å². The Balaban J connectivity index is 2.10. The van der Waals surface area contributed by atoms with E-state index in [1.807, 2.05) is 77.8 Å². The van der Waals surface area contributed by atoms with Crippen molar-refractivity contribution in [3.8, 4) is 11.3 Å². The summed E-state index contributed by atoms with van der Waals surface area (Å²) >= 11 is 0. The molecule has 0 aliphatic heterocycles. The molecule has 0 amide bonds. The van der Waals surface area contributed by atoms with Crippen molar-refractivity contribution in [1.82, 2.24) is 9.35 Å². The average Bonchev–Trinajstić information content (AvgIpc) is 3.31. The molecular formula is C25H24N2O4. The van der Waals surface area contributed by atoms with Gasteiger partial charge in [0.15, 0.2) is 0 Å². The fourth-order valence-electron chi connectivity index (χ4n) is 3.87. The van der Waals surface area contributed by atoms with Crippen molar-refractivity contribution >= 4 is 22.8 Å². The zero-order valence-electron chi connectivity index (χ0n) is 18.0. The van der Waals surface area contributed by atoms with Gasteiger partial charge in [-0.2, -0.15) is 0 Å². The van der Waals surface area contributed by atoms with Crippen LogP contribution in [-0.4, -0.2) is 35.0 Å². The van der Waals surface area contributed by atoms with E-state index in [1.165, 1.54) is 7.11 Å². The van der Waals surface area contributed by atoms with Gasteiger partial charge in [0.25, 0.3) is 0 Å². The summed E-state index contributed by atoms with van der Waals surface area (Å²) in [5, 5.41) is 0.912. The molecule has 0 aliphatic carbocycles. The maximum Gasteiger partial charge on any atom is 0.356 e. The Labute approximate surface area is 180 Å². The summed E-state index contributed by atoms with van der Waals surface area (Å²) in [7, 11) is 1.36. The Bertz CT molecular complexity index is 1280. The van der Waals surface area contributed by atoms with Crippen molar-refractivity contribution in [1.29, 1.82) is 0 Å². The van der Waals surface area contributed by atoms with Crippen LogP contribution in [0.3, 0.4) is 0 Å². The molecule has 6 heteroatoms. The smallest absolute Gasteiger partial charge is 0.356 e. The third kappa shape index (κ3) is 3.50. The van der Waals surface area contributed by atoms with Crippen LogP contribution in [0.4, 0.5) is 0 Å². The van der Waals surface area contributed by atoms with Crippen molar-refractivity contribution in [2.45, 2.75) is 20.8 Å². The SMILES string of the molecule is CCOC(=O)c1cc2cc(C)ccc2n1-n1c(-c2ccccc2)cc(C(=O)OC)c1C. The van der Waals surface area contributed by atoms with Crippen molar-refractivity contribution in [2.75, 3.05) is 13.7 Å². The summed E-state index contributed by atoms with van der Waals surface area (Å²) in [6.45, 7) is 5.89. The molecule has 6 nitrogen and oxygen atoms in total. The first-order valence-corrected chi connectivity index (χ1v) is 10.1. The van der Waals surface area contributed by atoms with E-state index in [-0.39, 0.29) is 6.61 Å². The number of rotatable bonds is 5. The highest BCUT2D eigenvalue weighted by atomic mass is 16.5. The highest BCUT2D eigenvalue weighted by Crippen LogP contribution is 2.31. The molecule has 4 aromatic rings. The fraction of sp³-hybridized carbons (Fsp3) is 0.200. The highest BCUT2D eigenvalue weighted by molar-refractivity contribution is 5.97. The molecule has 0 aliphatic rings. The lowest BCUT2D eigenvalue weighted by Crippen LogP contribution is -2.20. The molecule has 4 rings (SSSR count). The minimum Gasteiger partial charge on any atom is -0.465 e. The first-order valence-electron chi connectivity index (χ1n) is 10.1. The number of fused-ring (bicyclic) bond motifs is 1. The number of hydrogen-bond acceptors (Lipinski definition) is 4. The largest absolute Gasteiger partial charge is 0.465 e. The number of esters is 2. The Morgan fingerprint density at radius 2 is 1.65 bits per heavy atom. The van der Waals surface area contributed by atoms with Gasteiger partial charge in [0.2, 0.25) is 0 Å². The Hall–Kier alpha value is -3.80. The second-order valence-corrected chi connectivity index (χ2v) is 7.32. The summed E-state index contributed by atoms with van der Waals surface area (Å²) in [5.41, 5.74) is 5.07. The maximum absolute atomic E-state index is 12.9. The average molecular weight is 416 g/mol. The van der Waals surface area contributed by atoms with Gasteiger partial charge >= 0.3 is 11.9 Å². The number of methoxy groups -OCH3 is 1. The summed E-state index contributed by atoms with van der Waals surface area (Å²) in [4.78, 5) is 25.4. The first kappa shape index (κ1) is 20.5. The van der Waals surface area contributed by atoms with E-state index in [4.69, 9.17) is 9.47 Å². The molecule has 0 bridgehead atoms. The molecule has 2 aromatic carbocycles. The third-order valence-electron chi connectivity index (χ3n) is 5.31. The Morgan fingerprint density at radius 3 is 2.32 bits per heavy atom. The van der Waals surface area contributed by atoms with Gasteiger partial charge in [-0.15, -0.1) is 0 Å². The first-order chi connectivity index (χ1) is 15.0. The van der Waals surface area contributed by atoms with E-state index in [1.54, 1.807) is 13.0 Å². The van der Waals surface area contributed by atoms with Gasteiger partial charge in [0, 0.05) is 10.9 Å². The predicted octanol–water partition coefficient (Wildman–Crippen LogP) is 5.00. The monoisotopic (exact) mass is 416 g/mol. The molecule has 0 unspecified atom stereocenters. The maximum atomic E-state index is 12.9. The predicted molar refractivity (Wildman–Crippen MR) is 119 cm³/mol. The minimum atomic E-state index is -0.432. The van der Waals surface area contributed by atoms with Crippen molar-refractivity contribution in [3.05, 3.63) is 83.2 Å². The van der Waals surface area contributed by atoms with Crippen LogP contribution in [0.15, 0.2) is 60.7 Å². The van der Waals surface area contributed by atoms with E-state index in [9.17, 15) is 9.59 Å². The van der Waals surface area contributed by atoms with Crippen LogP contribution in [0.25, 0.3) is 22.2 Å².